The molecule has 0 saturated carbocycles. The number of carbonyl (C=O) groups excluding carboxylic acids is 2. The van der Waals surface area contributed by atoms with Crippen LogP contribution in [0.25, 0.3) is 0 Å². The van der Waals surface area contributed by atoms with Gasteiger partial charge in [-0.25, -0.2) is 10.2 Å². The Hall–Kier alpha value is -4.59. The van der Waals surface area contributed by atoms with Crippen LogP contribution in [0.1, 0.15) is 26.3 Å². The third kappa shape index (κ3) is 6.46. The quantitative estimate of drug-likeness (QED) is 0.160. The second kappa shape index (κ2) is 11.9. The molecule has 0 aromatic heterocycles. The summed E-state index contributed by atoms with van der Waals surface area (Å²) in [6.07, 6.45) is 3.13. The van der Waals surface area contributed by atoms with Crippen molar-refractivity contribution in [2.45, 2.75) is 0 Å². The standard InChI is InChI=1S/C26H24N2O6/c1-4-15-33-21-12-7-19(8-13-21)25(29)28-27-17-18-5-10-22(11-6-18)34-26(30)20-9-14-23(31-2)24(16-20)32-3/h4-14,16-17H,1,15H2,2-3H3,(H,28,29)/b27-17+. The van der Waals surface area contributed by atoms with Gasteiger partial charge in [0.1, 0.15) is 18.1 Å². The lowest BCUT2D eigenvalue weighted by molar-refractivity contribution is 0.0734. The van der Waals surface area contributed by atoms with E-state index in [1.54, 1.807) is 72.8 Å². The van der Waals surface area contributed by atoms with Gasteiger partial charge in [-0.15, -0.1) is 0 Å². The van der Waals surface area contributed by atoms with Crippen LogP contribution in [0.4, 0.5) is 0 Å². The van der Waals surface area contributed by atoms with E-state index in [9.17, 15) is 9.59 Å². The summed E-state index contributed by atoms with van der Waals surface area (Å²) in [7, 11) is 3.01. The van der Waals surface area contributed by atoms with Crippen LogP contribution in [0.15, 0.2) is 84.5 Å². The van der Waals surface area contributed by atoms with E-state index in [0.717, 1.165) is 0 Å². The molecule has 0 saturated heterocycles. The summed E-state index contributed by atoms with van der Waals surface area (Å²) in [5.74, 6) is 1.07. The van der Waals surface area contributed by atoms with Crippen LogP contribution >= 0.6 is 0 Å². The van der Waals surface area contributed by atoms with Crippen LogP contribution < -0.4 is 24.4 Å². The summed E-state index contributed by atoms with van der Waals surface area (Å²) in [4.78, 5) is 24.6. The van der Waals surface area contributed by atoms with Crippen molar-refractivity contribution in [3.63, 3.8) is 0 Å². The number of ether oxygens (including phenoxy) is 4. The molecule has 8 nitrogen and oxygen atoms in total. The van der Waals surface area contributed by atoms with Crippen molar-refractivity contribution >= 4 is 18.1 Å². The smallest absolute Gasteiger partial charge is 0.343 e. The van der Waals surface area contributed by atoms with Crippen LogP contribution in [-0.2, 0) is 0 Å². The Morgan fingerprint density at radius 2 is 1.53 bits per heavy atom. The number of carbonyl (C=O) groups is 2. The van der Waals surface area contributed by atoms with E-state index in [2.05, 4.69) is 17.1 Å². The molecule has 3 aromatic carbocycles. The molecular weight excluding hydrogens is 436 g/mol. The Kier molecular flexibility index (Phi) is 8.40. The van der Waals surface area contributed by atoms with Crippen molar-refractivity contribution in [2.24, 2.45) is 5.10 Å². The van der Waals surface area contributed by atoms with Crippen molar-refractivity contribution in [1.82, 2.24) is 5.43 Å². The molecule has 0 bridgehead atoms. The van der Waals surface area contributed by atoms with Gasteiger partial charge in [-0.1, -0.05) is 12.7 Å². The topological polar surface area (TPSA) is 95.5 Å². The van der Waals surface area contributed by atoms with Crippen molar-refractivity contribution in [3.05, 3.63) is 96.1 Å². The Bertz CT molecular complexity index is 1170. The summed E-state index contributed by atoms with van der Waals surface area (Å²) < 4.78 is 21.2. The number of amides is 1. The van der Waals surface area contributed by atoms with Gasteiger partial charge < -0.3 is 18.9 Å². The van der Waals surface area contributed by atoms with E-state index in [4.69, 9.17) is 18.9 Å². The largest absolute Gasteiger partial charge is 0.493 e. The molecule has 0 spiro atoms. The van der Waals surface area contributed by atoms with E-state index >= 15 is 0 Å². The molecule has 3 aromatic rings. The first-order valence-corrected chi connectivity index (χ1v) is 10.3. The Morgan fingerprint density at radius 1 is 0.882 bits per heavy atom. The molecule has 0 aliphatic carbocycles. The van der Waals surface area contributed by atoms with Gasteiger partial charge in [0.05, 0.1) is 26.0 Å². The highest BCUT2D eigenvalue weighted by Gasteiger charge is 2.13. The highest BCUT2D eigenvalue weighted by Crippen LogP contribution is 2.28. The first kappa shape index (κ1) is 24.1. The molecule has 1 N–H and O–H groups in total. The fourth-order valence-corrected chi connectivity index (χ4v) is 2.84. The lowest BCUT2D eigenvalue weighted by atomic mass is 10.2. The van der Waals surface area contributed by atoms with Crippen LogP contribution in [0.3, 0.4) is 0 Å². The zero-order valence-electron chi connectivity index (χ0n) is 18.8. The van der Waals surface area contributed by atoms with Gasteiger partial charge >= 0.3 is 5.97 Å². The Balaban J connectivity index is 1.54. The maximum atomic E-state index is 12.4. The maximum Gasteiger partial charge on any atom is 0.343 e. The molecule has 3 rings (SSSR count). The van der Waals surface area contributed by atoms with Crippen LogP contribution in [0.5, 0.6) is 23.0 Å². The molecule has 0 radical (unpaired) electrons. The predicted octanol–water partition coefficient (Wildman–Crippen LogP) is 4.25. The number of nitrogens with one attached hydrogen (secondary N) is 1. The molecule has 0 aliphatic rings. The Labute approximate surface area is 197 Å². The normalized spacial score (nSPS) is 10.4. The van der Waals surface area contributed by atoms with Crippen LogP contribution in [0, 0.1) is 0 Å². The van der Waals surface area contributed by atoms with Gasteiger partial charge in [-0.3, -0.25) is 4.79 Å². The van der Waals surface area contributed by atoms with E-state index in [0.29, 0.717) is 46.3 Å². The van der Waals surface area contributed by atoms with Crippen molar-refractivity contribution in [3.8, 4) is 23.0 Å². The molecule has 0 unspecified atom stereocenters. The maximum absolute atomic E-state index is 12.4. The van der Waals surface area contributed by atoms with E-state index < -0.39 is 5.97 Å². The van der Waals surface area contributed by atoms with E-state index in [1.807, 2.05) is 0 Å². The minimum absolute atomic E-state index is 0.325. The monoisotopic (exact) mass is 460 g/mol. The first-order chi connectivity index (χ1) is 16.5. The average Bonchev–Trinajstić information content (AvgIpc) is 2.88. The summed E-state index contributed by atoms with van der Waals surface area (Å²) in [5, 5.41) is 3.96. The third-order valence-electron chi connectivity index (χ3n) is 4.57. The minimum Gasteiger partial charge on any atom is -0.493 e. The number of hydrogen-bond acceptors (Lipinski definition) is 7. The second-order valence-corrected chi connectivity index (χ2v) is 6.85. The van der Waals surface area contributed by atoms with Gasteiger partial charge in [-0.2, -0.15) is 5.10 Å². The van der Waals surface area contributed by atoms with Gasteiger partial charge in [0.2, 0.25) is 0 Å². The third-order valence-corrected chi connectivity index (χ3v) is 4.57. The van der Waals surface area contributed by atoms with Crippen LogP contribution in [-0.4, -0.2) is 38.9 Å². The summed E-state index contributed by atoms with van der Waals surface area (Å²) >= 11 is 0. The zero-order valence-corrected chi connectivity index (χ0v) is 18.8. The predicted molar refractivity (Wildman–Crippen MR) is 128 cm³/mol. The summed E-state index contributed by atoms with van der Waals surface area (Å²) in [6, 6.07) is 18.1. The SMILES string of the molecule is C=CCOc1ccc(C(=O)N/N=C/c2ccc(OC(=O)c3ccc(OC)c(OC)c3)cc2)cc1. The molecule has 174 valence electrons. The van der Waals surface area contributed by atoms with Crippen molar-refractivity contribution in [1.29, 1.82) is 0 Å². The Morgan fingerprint density at radius 3 is 2.18 bits per heavy atom. The molecular formula is C26H24N2O6. The number of hydrazone groups is 1. The molecule has 0 aliphatic heterocycles. The number of rotatable bonds is 10. The van der Waals surface area contributed by atoms with Crippen molar-refractivity contribution < 1.29 is 28.5 Å². The van der Waals surface area contributed by atoms with Gasteiger partial charge in [-0.05, 0) is 72.3 Å². The van der Waals surface area contributed by atoms with Gasteiger partial charge in [0.15, 0.2) is 11.5 Å². The highest BCUT2D eigenvalue weighted by atomic mass is 16.5. The molecule has 0 atom stereocenters. The molecule has 0 fully saturated rings. The molecule has 8 heteroatoms. The zero-order chi connectivity index (χ0) is 24.3. The highest BCUT2D eigenvalue weighted by molar-refractivity contribution is 5.95. The van der Waals surface area contributed by atoms with E-state index in [1.165, 1.54) is 20.4 Å². The number of hydrogen-bond donors (Lipinski definition) is 1. The fraction of sp³-hybridized carbons (Fsp3) is 0.115. The lowest BCUT2D eigenvalue weighted by Gasteiger charge is -2.09. The number of methoxy groups -OCH3 is 2. The van der Waals surface area contributed by atoms with Gasteiger partial charge in [0, 0.05) is 5.56 Å². The van der Waals surface area contributed by atoms with E-state index in [-0.39, 0.29) is 5.91 Å². The number of nitrogens with zero attached hydrogens (tertiary/aromatic N) is 1. The van der Waals surface area contributed by atoms with Crippen molar-refractivity contribution in [2.75, 3.05) is 20.8 Å². The van der Waals surface area contributed by atoms with Gasteiger partial charge in [0.25, 0.3) is 5.91 Å². The molecule has 1 amide bonds. The first-order valence-electron chi connectivity index (χ1n) is 10.3. The minimum atomic E-state index is -0.532. The molecule has 34 heavy (non-hydrogen) atoms. The second-order valence-electron chi connectivity index (χ2n) is 6.85. The summed E-state index contributed by atoms with van der Waals surface area (Å²) in [5.41, 5.74) is 3.94. The molecule has 0 heterocycles. The summed E-state index contributed by atoms with van der Waals surface area (Å²) in [6.45, 7) is 3.98. The van der Waals surface area contributed by atoms with Crippen LogP contribution in [0.2, 0.25) is 0 Å². The average molecular weight is 460 g/mol. The fourth-order valence-electron chi connectivity index (χ4n) is 2.84. The number of esters is 1. The lowest BCUT2D eigenvalue weighted by Crippen LogP contribution is -2.17. The number of benzene rings is 3.